The molecule has 7 nitrogen and oxygen atoms in total. The number of hydrogen-bond donors (Lipinski definition) is 1. The molecule has 0 unspecified atom stereocenters. The van der Waals surface area contributed by atoms with E-state index in [2.05, 4.69) is 20.4 Å². The van der Waals surface area contributed by atoms with Crippen molar-refractivity contribution >= 4 is 34.7 Å². The van der Waals surface area contributed by atoms with Crippen LogP contribution in [0.1, 0.15) is 10.4 Å². The summed E-state index contributed by atoms with van der Waals surface area (Å²) < 4.78 is 1.56. The number of rotatable bonds is 5. The highest BCUT2D eigenvalue weighted by molar-refractivity contribution is 6.31. The van der Waals surface area contributed by atoms with E-state index in [1.807, 2.05) is 42.3 Å². The van der Waals surface area contributed by atoms with Crippen molar-refractivity contribution in [2.45, 2.75) is 0 Å². The van der Waals surface area contributed by atoms with Crippen LogP contribution in [-0.4, -0.2) is 32.7 Å². The predicted octanol–water partition coefficient (Wildman–Crippen LogP) is 4.34. The summed E-state index contributed by atoms with van der Waals surface area (Å²) in [6, 6.07) is 18.6. The first-order valence-corrected chi connectivity index (χ1v) is 9.20. The van der Waals surface area contributed by atoms with E-state index in [1.54, 1.807) is 47.5 Å². The number of carbonyl (C=O) groups excluding carboxylic acids is 1. The number of nitrogens with zero attached hydrogens (tertiary/aromatic N) is 5. The molecule has 2 aromatic carbocycles. The Morgan fingerprint density at radius 2 is 1.93 bits per heavy atom. The lowest BCUT2D eigenvalue weighted by atomic mass is 10.2. The van der Waals surface area contributed by atoms with Crippen LogP contribution in [0.4, 0.5) is 17.2 Å². The summed E-state index contributed by atoms with van der Waals surface area (Å²) in [5.74, 6) is 0.439. The fourth-order valence-electron chi connectivity index (χ4n) is 2.84. The van der Waals surface area contributed by atoms with Crippen molar-refractivity contribution in [2.24, 2.45) is 0 Å². The monoisotopic (exact) mass is 404 g/mol. The highest BCUT2D eigenvalue weighted by atomic mass is 35.5. The van der Waals surface area contributed by atoms with Crippen molar-refractivity contribution in [3.63, 3.8) is 0 Å². The lowest BCUT2D eigenvalue weighted by molar-refractivity contribution is 0.102. The van der Waals surface area contributed by atoms with Gasteiger partial charge in [-0.1, -0.05) is 29.8 Å². The average Bonchev–Trinajstić information content (AvgIpc) is 3.29. The molecule has 144 valence electrons. The van der Waals surface area contributed by atoms with E-state index in [0.717, 1.165) is 11.5 Å². The molecule has 0 saturated carbocycles. The van der Waals surface area contributed by atoms with Gasteiger partial charge in [0.15, 0.2) is 0 Å². The first-order chi connectivity index (χ1) is 14.1. The van der Waals surface area contributed by atoms with E-state index in [9.17, 15) is 4.79 Å². The van der Waals surface area contributed by atoms with E-state index in [-0.39, 0.29) is 5.91 Å². The maximum atomic E-state index is 12.7. The molecule has 4 aromatic rings. The van der Waals surface area contributed by atoms with Gasteiger partial charge in [0.2, 0.25) is 0 Å². The maximum absolute atomic E-state index is 12.7. The zero-order chi connectivity index (χ0) is 20.2. The van der Waals surface area contributed by atoms with Gasteiger partial charge in [0.25, 0.3) is 5.91 Å². The molecule has 29 heavy (non-hydrogen) atoms. The molecule has 0 atom stereocenters. The number of hydrogen-bond acceptors (Lipinski definition) is 5. The molecule has 1 N–H and O–H groups in total. The number of pyridine rings is 1. The van der Waals surface area contributed by atoms with Gasteiger partial charge in [-0.15, -0.1) is 0 Å². The van der Waals surface area contributed by atoms with Gasteiger partial charge in [-0.2, -0.15) is 5.10 Å². The molecule has 2 heterocycles. The second-order valence-corrected chi connectivity index (χ2v) is 6.69. The molecule has 2 aromatic heterocycles. The zero-order valence-electron chi connectivity index (χ0n) is 15.5. The van der Waals surface area contributed by atoms with Gasteiger partial charge in [-0.05, 0) is 42.5 Å². The lowest BCUT2D eigenvalue weighted by Crippen LogP contribution is -2.16. The summed E-state index contributed by atoms with van der Waals surface area (Å²) in [6.45, 7) is 0. The van der Waals surface area contributed by atoms with E-state index in [0.29, 0.717) is 22.0 Å². The van der Waals surface area contributed by atoms with Gasteiger partial charge in [-0.25, -0.2) is 14.6 Å². The van der Waals surface area contributed by atoms with Gasteiger partial charge in [-0.3, -0.25) is 4.79 Å². The molecule has 0 aliphatic rings. The third kappa shape index (κ3) is 4.09. The predicted molar refractivity (Wildman–Crippen MR) is 113 cm³/mol. The fraction of sp³-hybridized carbons (Fsp3) is 0.0476. The molecule has 8 heteroatoms. The molecule has 4 rings (SSSR count). The van der Waals surface area contributed by atoms with Crippen LogP contribution < -0.4 is 10.2 Å². The number of nitrogens with one attached hydrogen (secondary N) is 1. The number of benzene rings is 2. The van der Waals surface area contributed by atoms with Gasteiger partial charge in [0.05, 0.1) is 16.9 Å². The first kappa shape index (κ1) is 18.6. The summed E-state index contributed by atoms with van der Waals surface area (Å²) in [6.07, 6.45) is 4.52. The zero-order valence-corrected chi connectivity index (χ0v) is 16.3. The molecular weight excluding hydrogens is 388 g/mol. The highest BCUT2D eigenvalue weighted by Crippen LogP contribution is 2.25. The molecule has 0 aliphatic heterocycles. The van der Waals surface area contributed by atoms with Gasteiger partial charge >= 0.3 is 0 Å². The van der Waals surface area contributed by atoms with Crippen molar-refractivity contribution in [3.8, 4) is 5.69 Å². The van der Waals surface area contributed by atoms with Gasteiger partial charge in [0, 0.05) is 24.0 Å². The number of amides is 1. The van der Waals surface area contributed by atoms with Crippen molar-refractivity contribution in [3.05, 3.63) is 90.1 Å². The SMILES string of the molecule is CN(c1ccccc1)c1ccc(C(=O)Nc2cc(Cl)ccc2-n2cncn2)cn1. The minimum atomic E-state index is -0.296. The minimum Gasteiger partial charge on any atom is -0.329 e. The number of para-hydroxylation sites is 1. The molecule has 1 amide bonds. The van der Waals surface area contributed by atoms with Crippen molar-refractivity contribution in [1.29, 1.82) is 0 Å². The van der Waals surface area contributed by atoms with Crippen LogP contribution in [0.25, 0.3) is 5.69 Å². The highest BCUT2D eigenvalue weighted by Gasteiger charge is 2.13. The Morgan fingerprint density at radius 3 is 2.62 bits per heavy atom. The second kappa shape index (κ2) is 8.12. The van der Waals surface area contributed by atoms with Crippen molar-refractivity contribution < 1.29 is 4.79 Å². The van der Waals surface area contributed by atoms with Crippen LogP contribution in [0.2, 0.25) is 5.02 Å². The maximum Gasteiger partial charge on any atom is 0.257 e. The van der Waals surface area contributed by atoms with Crippen LogP contribution in [0.3, 0.4) is 0 Å². The third-order valence-corrected chi connectivity index (χ3v) is 4.60. The molecule has 0 fully saturated rings. The van der Waals surface area contributed by atoms with Crippen LogP contribution in [0, 0.1) is 0 Å². The molecule has 0 radical (unpaired) electrons. The summed E-state index contributed by atoms with van der Waals surface area (Å²) >= 11 is 6.11. The average molecular weight is 405 g/mol. The quantitative estimate of drug-likeness (QED) is 0.535. The first-order valence-electron chi connectivity index (χ1n) is 8.82. The number of carbonyl (C=O) groups is 1. The third-order valence-electron chi connectivity index (χ3n) is 4.37. The van der Waals surface area contributed by atoms with E-state index in [4.69, 9.17) is 11.6 Å². The molecule has 0 saturated heterocycles. The van der Waals surface area contributed by atoms with Crippen molar-refractivity contribution in [2.75, 3.05) is 17.3 Å². The van der Waals surface area contributed by atoms with Gasteiger partial charge in [0.1, 0.15) is 18.5 Å². The second-order valence-electron chi connectivity index (χ2n) is 6.26. The summed E-state index contributed by atoms with van der Waals surface area (Å²) in [7, 11) is 1.92. The largest absolute Gasteiger partial charge is 0.329 e. The van der Waals surface area contributed by atoms with Crippen LogP contribution in [0.15, 0.2) is 79.5 Å². The van der Waals surface area contributed by atoms with Crippen LogP contribution >= 0.6 is 11.6 Å². The number of aromatic nitrogens is 4. The van der Waals surface area contributed by atoms with Crippen LogP contribution in [0.5, 0.6) is 0 Å². The summed E-state index contributed by atoms with van der Waals surface area (Å²) in [4.78, 5) is 23.1. The summed E-state index contributed by atoms with van der Waals surface area (Å²) in [5.41, 5.74) is 2.63. The van der Waals surface area contributed by atoms with E-state index in [1.165, 1.54) is 6.33 Å². The summed E-state index contributed by atoms with van der Waals surface area (Å²) in [5, 5.41) is 7.48. The lowest BCUT2D eigenvalue weighted by Gasteiger charge is -2.18. The van der Waals surface area contributed by atoms with E-state index < -0.39 is 0 Å². The molecule has 0 aliphatic carbocycles. The Kier molecular flexibility index (Phi) is 5.22. The Balaban J connectivity index is 1.55. The standard InChI is InChI=1S/C21H17ClN6O/c1-27(17-5-3-2-4-6-17)20-10-7-15(12-24-20)21(29)26-18-11-16(22)8-9-19(18)28-14-23-13-25-28/h2-14H,1H3,(H,26,29). The van der Waals surface area contributed by atoms with E-state index >= 15 is 0 Å². The topological polar surface area (TPSA) is 75.9 Å². The molecular formula is C21H17ClN6O. The smallest absolute Gasteiger partial charge is 0.257 e. The molecule has 0 bridgehead atoms. The fourth-order valence-corrected chi connectivity index (χ4v) is 3.01. The van der Waals surface area contributed by atoms with Gasteiger partial charge < -0.3 is 10.2 Å². The Morgan fingerprint density at radius 1 is 1.10 bits per heavy atom. The normalized spacial score (nSPS) is 10.6. The van der Waals surface area contributed by atoms with Crippen molar-refractivity contribution in [1.82, 2.24) is 19.7 Å². The Labute approximate surface area is 172 Å². The molecule has 0 spiro atoms. The minimum absolute atomic E-state index is 0.296. The Bertz CT molecular complexity index is 1110. The number of halogens is 1. The van der Waals surface area contributed by atoms with Crippen LogP contribution in [-0.2, 0) is 0 Å². The Hall–Kier alpha value is -3.71. The number of anilines is 3.